The first-order valence-electron chi connectivity index (χ1n) is 6.27. The minimum atomic E-state index is 0.851. The zero-order valence-electron chi connectivity index (χ0n) is 10.6. The second kappa shape index (κ2) is 6.77. The standard InChI is InChI=1S/C15H18N2O/c1-2-9-16-10-4-6-14-7-8-15(18-14)13-5-3-11-17-12-13/h3-8,11-12,16H,2,9-10H2,1H3. The van der Waals surface area contributed by atoms with Crippen molar-refractivity contribution in [1.82, 2.24) is 10.3 Å². The predicted octanol–water partition coefficient (Wildman–Crippen LogP) is 3.35. The highest BCUT2D eigenvalue weighted by atomic mass is 16.3. The predicted molar refractivity (Wildman–Crippen MR) is 74.1 cm³/mol. The van der Waals surface area contributed by atoms with Crippen LogP contribution in [0.1, 0.15) is 19.1 Å². The van der Waals surface area contributed by atoms with E-state index in [0.717, 1.165) is 36.6 Å². The minimum absolute atomic E-state index is 0.851. The summed E-state index contributed by atoms with van der Waals surface area (Å²) in [5.41, 5.74) is 1.00. The van der Waals surface area contributed by atoms with Gasteiger partial charge in [-0.2, -0.15) is 0 Å². The Morgan fingerprint density at radius 1 is 1.33 bits per heavy atom. The van der Waals surface area contributed by atoms with Gasteiger partial charge in [-0.1, -0.05) is 13.0 Å². The van der Waals surface area contributed by atoms with Gasteiger partial charge in [-0.3, -0.25) is 4.98 Å². The summed E-state index contributed by atoms with van der Waals surface area (Å²) in [5.74, 6) is 1.72. The fourth-order valence-electron chi connectivity index (χ4n) is 1.64. The molecule has 0 unspecified atom stereocenters. The van der Waals surface area contributed by atoms with E-state index in [2.05, 4.69) is 23.3 Å². The molecule has 0 atom stereocenters. The second-order valence-corrected chi connectivity index (χ2v) is 4.05. The molecule has 0 radical (unpaired) electrons. The number of hydrogen-bond donors (Lipinski definition) is 1. The molecule has 0 saturated carbocycles. The molecule has 2 aromatic rings. The van der Waals surface area contributed by atoms with Crippen LogP contribution in [0.15, 0.2) is 47.2 Å². The topological polar surface area (TPSA) is 38.1 Å². The van der Waals surface area contributed by atoms with Crippen LogP contribution in [-0.2, 0) is 0 Å². The van der Waals surface area contributed by atoms with Gasteiger partial charge in [-0.25, -0.2) is 0 Å². The van der Waals surface area contributed by atoms with E-state index in [0.29, 0.717) is 0 Å². The summed E-state index contributed by atoms with van der Waals surface area (Å²) in [6, 6.07) is 7.83. The molecule has 2 aromatic heterocycles. The van der Waals surface area contributed by atoms with Crippen LogP contribution in [0, 0.1) is 0 Å². The molecule has 0 amide bonds. The van der Waals surface area contributed by atoms with Crippen molar-refractivity contribution < 1.29 is 4.42 Å². The Labute approximate surface area is 108 Å². The molecule has 94 valence electrons. The van der Waals surface area contributed by atoms with Crippen LogP contribution in [0.4, 0.5) is 0 Å². The van der Waals surface area contributed by atoms with Crippen molar-refractivity contribution in [3.05, 3.63) is 48.5 Å². The number of furan rings is 1. The molecule has 18 heavy (non-hydrogen) atoms. The van der Waals surface area contributed by atoms with Gasteiger partial charge in [-0.15, -0.1) is 0 Å². The highest BCUT2D eigenvalue weighted by Gasteiger charge is 2.01. The van der Waals surface area contributed by atoms with E-state index in [1.54, 1.807) is 12.4 Å². The van der Waals surface area contributed by atoms with Crippen LogP contribution in [0.2, 0.25) is 0 Å². The third-order valence-corrected chi connectivity index (χ3v) is 2.54. The summed E-state index contributed by atoms with van der Waals surface area (Å²) < 4.78 is 5.72. The monoisotopic (exact) mass is 242 g/mol. The van der Waals surface area contributed by atoms with Gasteiger partial charge in [0.25, 0.3) is 0 Å². The van der Waals surface area contributed by atoms with Gasteiger partial charge >= 0.3 is 0 Å². The van der Waals surface area contributed by atoms with Crippen molar-refractivity contribution >= 4 is 6.08 Å². The number of aromatic nitrogens is 1. The molecule has 2 heterocycles. The highest BCUT2D eigenvalue weighted by molar-refractivity contribution is 5.58. The summed E-state index contributed by atoms with van der Waals surface area (Å²) in [4.78, 5) is 4.08. The largest absolute Gasteiger partial charge is 0.457 e. The molecule has 0 spiro atoms. The fourth-order valence-corrected chi connectivity index (χ4v) is 1.64. The van der Waals surface area contributed by atoms with Crippen molar-refractivity contribution in [2.75, 3.05) is 13.1 Å². The summed E-state index contributed by atoms with van der Waals surface area (Å²) in [6.07, 6.45) is 8.77. The second-order valence-electron chi connectivity index (χ2n) is 4.05. The molecule has 0 aromatic carbocycles. The summed E-state index contributed by atoms with van der Waals surface area (Å²) in [7, 11) is 0. The van der Waals surface area contributed by atoms with Crippen LogP contribution in [0.3, 0.4) is 0 Å². The van der Waals surface area contributed by atoms with Crippen LogP contribution in [-0.4, -0.2) is 18.1 Å². The molecule has 0 aliphatic heterocycles. The minimum Gasteiger partial charge on any atom is -0.457 e. The van der Waals surface area contributed by atoms with E-state index >= 15 is 0 Å². The maximum atomic E-state index is 5.72. The number of nitrogens with zero attached hydrogens (tertiary/aromatic N) is 1. The Hall–Kier alpha value is -1.87. The SMILES string of the molecule is CCCNCC=Cc1ccc(-c2cccnc2)o1. The average Bonchev–Trinajstić information content (AvgIpc) is 2.88. The summed E-state index contributed by atoms with van der Waals surface area (Å²) in [6.45, 7) is 4.07. The van der Waals surface area contributed by atoms with Gasteiger partial charge in [0.05, 0.1) is 0 Å². The van der Waals surface area contributed by atoms with E-state index in [-0.39, 0.29) is 0 Å². The van der Waals surface area contributed by atoms with Crippen molar-refractivity contribution in [3.8, 4) is 11.3 Å². The molecular formula is C15H18N2O. The molecule has 3 nitrogen and oxygen atoms in total. The lowest BCUT2D eigenvalue weighted by Gasteiger charge is -1.96. The number of hydrogen-bond acceptors (Lipinski definition) is 3. The van der Waals surface area contributed by atoms with Crippen molar-refractivity contribution in [3.63, 3.8) is 0 Å². The number of pyridine rings is 1. The van der Waals surface area contributed by atoms with Crippen molar-refractivity contribution in [1.29, 1.82) is 0 Å². The Balaban J connectivity index is 1.94. The van der Waals surface area contributed by atoms with Gasteiger partial charge in [0.15, 0.2) is 0 Å². The third-order valence-electron chi connectivity index (χ3n) is 2.54. The summed E-state index contributed by atoms with van der Waals surface area (Å²) >= 11 is 0. The summed E-state index contributed by atoms with van der Waals surface area (Å²) in [5, 5.41) is 3.31. The van der Waals surface area contributed by atoms with Crippen LogP contribution in [0.25, 0.3) is 17.4 Å². The molecule has 0 saturated heterocycles. The van der Waals surface area contributed by atoms with E-state index in [4.69, 9.17) is 4.42 Å². The van der Waals surface area contributed by atoms with E-state index in [9.17, 15) is 0 Å². The maximum Gasteiger partial charge on any atom is 0.136 e. The van der Waals surface area contributed by atoms with Crippen LogP contribution < -0.4 is 5.32 Å². The first-order valence-corrected chi connectivity index (χ1v) is 6.27. The average molecular weight is 242 g/mol. The van der Waals surface area contributed by atoms with Gasteiger partial charge in [0.1, 0.15) is 11.5 Å². The van der Waals surface area contributed by atoms with Gasteiger partial charge in [0, 0.05) is 24.5 Å². The highest BCUT2D eigenvalue weighted by Crippen LogP contribution is 2.21. The zero-order valence-corrected chi connectivity index (χ0v) is 10.6. The molecule has 3 heteroatoms. The Morgan fingerprint density at radius 3 is 3.06 bits per heavy atom. The zero-order chi connectivity index (χ0) is 12.6. The fraction of sp³-hybridized carbons (Fsp3) is 0.267. The van der Waals surface area contributed by atoms with Gasteiger partial charge in [0.2, 0.25) is 0 Å². The molecule has 0 fully saturated rings. The normalized spacial score (nSPS) is 11.2. The van der Waals surface area contributed by atoms with Crippen molar-refractivity contribution in [2.45, 2.75) is 13.3 Å². The molecule has 0 aliphatic carbocycles. The van der Waals surface area contributed by atoms with E-state index in [1.165, 1.54) is 0 Å². The molecule has 0 bridgehead atoms. The molecule has 0 aliphatic rings. The van der Waals surface area contributed by atoms with Crippen molar-refractivity contribution in [2.24, 2.45) is 0 Å². The van der Waals surface area contributed by atoms with E-state index < -0.39 is 0 Å². The number of rotatable bonds is 6. The third kappa shape index (κ3) is 3.57. The Morgan fingerprint density at radius 2 is 2.28 bits per heavy atom. The molecule has 2 rings (SSSR count). The van der Waals surface area contributed by atoms with E-state index in [1.807, 2.05) is 30.3 Å². The smallest absolute Gasteiger partial charge is 0.136 e. The Kier molecular flexibility index (Phi) is 4.73. The number of nitrogens with one attached hydrogen (secondary N) is 1. The van der Waals surface area contributed by atoms with Gasteiger partial charge < -0.3 is 9.73 Å². The molecule has 1 N–H and O–H groups in total. The lowest BCUT2D eigenvalue weighted by Crippen LogP contribution is -2.13. The molecular weight excluding hydrogens is 224 g/mol. The first kappa shape index (κ1) is 12.6. The lowest BCUT2D eigenvalue weighted by atomic mass is 10.2. The Bertz CT molecular complexity index is 488. The van der Waals surface area contributed by atoms with Crippen LogP contribution in [0.5, 0.6) is 0 Å². The van der Waals surface area contributed by atoms with Crippen LogP contribution >= 0.6 is 0 Å². The van der Waals surface area contributed by atoms with Gasteiger partial charge in [-0.05, 0) is 43.3 Å². The lowest BCUT2D eigenvalue weighted by molar-refractivity contribution is 0.571. The quantitative estimate of drug-likeness (QED) is 0.789. The maximum absolute atomic E-state index is 5.72. The first-order chi connectivity index (χ1) is 8.90.